The molecule has 16 heteroatoms. The van der Waals surface area contributed by atoms with E-state index in [4.69, 9.17) is 40.0 Å². The summed E-state index contributed by atoms with van der Waals surface area (Å²) in [5.74, 6) is -4.94. The van der Waals surface area contributed by atoms with E-state index in [2.05, 4.69) is 15.3 Å². The fraction of sp³-hybridized carbons (Fsp3) is 0.571. The Hall–Kier alpha value is -3.72. The van der Waals surface area contributed by atoms with Crippen molar-refractivity contribution in [3.05, 3.63) is 15.9 Å². The van der Waals surface area contributed by atoms with Gasteiger partial charge in [-0.2, -0.15) is 4.98 Å². The fourth-order valence-electron chi connectivity index (χ4n) is 3.46. The van der Waals surface area contributed by atoms with Crippen molar-refractivity contribution < 1.29 is 52.4 Å². The Kier molecular flexibility index (Phi) is 10.4. The van der Waals surface area contributed by atoms with Crippen LogP contribution < -0.4 is 15.6 Å². The van der Waals surface area contributed by atoms with Crippen molar-refractivity contribution in [1.82, 2.24) is 9.97 Å². The molecule has 2 rings (SSSR count). The average molecular weight is 548 g/mol. The normalized spacial score (nSPS) is 22.8. The van der Waals surface area contributed by atoms with E-state index in [9.17, 15) is 28.8 Å². The molecule has 1 fully saturated rings. The van der Waals surface area contributed by atoms with E-state index in [-0.39, 0.29) is 11.8 Å². The van der Waals surface area contributed by atoms with Gasteiger partial charge in [-0.15, -0.1) is 11.6 Å². The zero-order valence-corrected chi connectivity index (χ0v) is 21.3. The number of nitrogens with zero attached hydrogens (tertiary/aromatic N) is 1. The van der Waals surface area contributed by atoms with Crippen LogP contribution in [0.2, 0.25) is 0 Å². The van der Waals surface area contributed by atoms with Gasteiger partial charge >= 0.3 is 23.9 Å². The third kappa shape index (κ3) is 7.88. The van der Waals surface area contributed by atoms with Crippen LogP contribution in [0.3, 0.4) is 0 Å². The van der Waals surface area contributed by atoms with Gasteiger partial charge < -0.3 is 33.7 Å². The highest BCUT2D eigenvalue weighted by atomic mass is 35.5. The van der Waals surface area contributed by atoms with Crippen LogP contribution in [0.5, 0.6) is 6.01 Å². The van der Waals surface area contributed by atoms with Crippen molar-refractivity contribution in [1.29, 1.82) is 0 Å². The number of rotatable bonds is 10. The number of aromatic amines is 1. The maximum absolute atomic E-state index is 12.5. The van der Waals surface area contributed by atoms with Crippen molar-refractivity contribution in [2.75, 3.05) is 24.9 Å². The summed E-state index contributed by atoms with van der Waals surface area (Å²) in [4.78, 5) is 78.4. The standard InChI is InChI=1S/C21H26ClN3O12/c1-8(26)33-7-13-15(34-9(2)27)16(35-10(3)28)17(36-11(4)29)20(37-13)23-18-14(12(30)6-22)19(31)25-21(24-18)32-5/h13,15-17,20H,6-7H2,1-5H3,(H2,23,24,25,31). The van der Waals surface area contributed by atoms with Gasteiger partial charge in [0.1, 0.15) is 24.1 Å². The van der Waals surface area contributed by atoms with Crippen molar-refractivity contribution in [2.45, 2.75) is 58.3 Å². The number of esters is 4. The first-order valence-corrected chi connectivity index (χ1v) is 11.3. The van der Waals surface area contributed by atoms with E-state index < -0.39 is 83.9 Å². The van der Waals surface area contributed by atoms with E-state index >= 15 is 0 Å². The van der Waals surface area contributed by atoms with E-state index in [1.165, 1.54) is 7.11 Å². The fourth-order valence-corrected chi connectivity index (χ4v) is 3.59. The van der Waals surface area contributed by atoms with Gasteiger partial charge in [0.15, 0.2) is 30.3 Å². The molecule has 0 amide bonds. The van der Waals surface area contributed by atoms with E-state index in [0.717, 1.165) is 27.7 Å². The largest absolute Gasteiger partial charge is 0.468 e. The van der Waals surface area contributed by atoms with Crippen molar-refractivity contribution in [2.24, 2.45) is 0 Å². The molecule has 0 spiro atoms. The summed E-state index contributed by atoms with van der Waals surface area (Å²) < 4.78 is 31.8. The molecule has 37 heavy (non-hydrogen) atoms. The summed E-state index contributed by atoms with van der Waals surface area (Å²) in [6.07, 6.45) is -7.13. The van der Waals surface area contributed by atoms with Crippen LogP contribution in [-0.4, -0.2) is 89.9 Å². The monoisotopic (exact) mass is 547 g/mol. The molecule has 0 radical (unpaired) electrons. The van der Waals surface area contributed by atoms with Crippen LogP contribution >= 0.6 is 11.6 Å². The highest BCUT2D eigenvalue weighted by Gasteiger charge is 2.52. The number of Topliss-reactive ketones (excluding diaryl/α,β-unsaturated/α-hetero) is 1. The topological polar surface area (TPSA) is 199 Å². The lowest BCUT2D eigenvalue weighted by molar-refractivity contribution is -0.247. The van der Waals surface area contributed by atoms with Crippen molar-refractivity contribution >= 4 is 47.1 Å². The third-order valence-electron chi connectivity index (χ3n) is 4.76. The first kappa shape index (κ1) is 29.5. The maximum atomic E-state index is 12.5. The maximum Gasteiger partial charge on any atom is 0.303 e. The van der Waals surface area contributed by atoms with Crippen molar-refractivity contribution in [3.63, 3.8) is 0 Å². The van der Waals surface area contributed by atoms with Gasteiger partial charge in [0.25, 0.3) is 11.6 Å². The minimum atomic E-state index is -1.51. The Bertz CT molecular complexity index is 1110. The highest BCUT2D eigenvalue weighted by molar-refractivity contribution is 6.31. The number of ketones is 1. The van der Waals surface area contributed by atoms with Gasteiger partial charge in [-0.25, -0.2) is 0 Å². The Labute approximate surface area is 215 Å². The number of carbonyl (C=O) groups excluding carboxylic acids is 5. The first-order valence-electron chi connectivity index (χ1n) is 10.7. The number of hydrogen-bond acceptors (Lipinski definition) is 14. The predicted octanol–water partition coefficient (Wildman–Crippen LogP) is -0.305. The number of alkyl halides is 1. The van der Waals surface area contributed by atoms with Gasteiger partial charge in [0, 0.05) is 27.7 Å². The summed E-state index contributed by atoms with van der Waals surface area (Å²) in [5, 5.41) is 2.67. The van der Waals surface area contributed by atoms with Gasteiger partial charge in [-0.1, -0.05) is 0 Å². The summed E-state index contributed by atoms with van der Waals surface area (Å²) in [6, 6.07) is -0.288. The number of carbonyl (C=O) groups is 5. The number of halogens is 1. The molecular weight excluding hydrogens is 522 g/mol. The molecule has 5 unspecified atom stereocenters. The van der Waals surface area contributed by atoms with Crippen LogP contribution in [0.25, 0.3) is 0 Å². The summed E-state index contributed by atoms with van der Waals surface area (Å²) >= 11 is 5.64. The molecule has 2 heterocycles. The Balaban J connectivity index is 2.64. The van der Waals surface area contributed by atoms with E-state index in [1.54, 1.807) is 0 Å². The Morgan fingerprint density at radius 2 is 1.51 bits per heavy atom. The van der Waals surface area contributed by atoms with Gasteiger partial charge in [-0.3, -0.25) is 33.8 Å². The number of anilines is 1. The van der Waals surface area contributed by atoms with Crippen LogP contribution in [-0.2, 0) is 42.9 Å². The molecule has 1 aromatic heterocycles. The molecule has 5 atom stereocenters. The Morgan fingerprint density at radius 3 is 2.03 bits per heavy atom. The smallest absolute Gasteiger partial charge is 0.303 e. The minimum absolute atomic E-state index is 0.288. The van der Waals surface area contributed by atoms with Crippen LogP contribution in [0.4, 0.5) is 5.82 Å². The molecule has 0 bridgehead atoms. The first-order chi connectivity index (χ1) is 17.4. The second kappa shape index (κ2) is 13.0. The molecule has 204 valence electrons. The molecular formula is C21H26ClN3O12. The summed E-state index contributed by atoms with van der Waals surface area (Å²) in [7, 11) is 1.21. The second-order valence-electron chi connectivity index (χ2n) is 7.62. The summed E-state index contributed by atoms with van der Waals surface area (Å²) in [6.45, 7) is 3.85. The van der Waals surface area contributed by atoms with Gasteiger partial charge in [0.2, 0.25) is 0 Å². The second-order valence-corrected chi connectivity index (χ2v) is 7.89. The molecule has 15 nitrogen and oxygen atoms in total. The molecule has 0 aromatic carbocycles. The number of hydrogen-bond donors (Lipinski definition) is 2. The molecule has 1 aliphatic rings. The zero-order chi connectivity index (χ0) is 27.9. The average Bonchev–Trinajstić information content (AvgIpc) is 2.80. The number of nitrogens with one attached hydrogen (secondary N) is 2. The summed E-state index contributed by atoms with van der Waals surface area (Å²) in [5.41, 5.74) is -1.39. The minimum Gasteiger partial charge on any atom is -0.468 e. The highest BCUT2D eigenvalue weighted by Crippen LogP contribution is 2.30. The number of aromatic nitrogens is 2. The lowest BCUT2D eigenvalue weighted by atomic mass is 9.97. The van der Waals surface area contributed by atoms with Crippen LogP contribution in [0.1, 0.15) is 38.1 Å². The number of methoxy groups -OCH3 is 1. The van der Waals surface area contributed by atoms with Crippen LogP contribution in [0.15, 0.2) is 4.79 Å². The predicted molar refractivity (Wildman–Crippen MR) is 122 cm³/mol. The molecule has 1 aromatic rings. The molecule has 2 N–H and O–H groups in total. The SMILES string of the molecule is COc1nc(NC2OC(COC(C)=O)C(OC(C)=O)C(OC(C)=O)C2OC(C)=O)c(C(=O)CCl)c(=O)[nH]1. The molecule has 1 aliphatic heterocycles. The number of ether oxygens (including phenoxy) is 6. The number of H-pyrrole nitrogens is 1. The van der Waals surface area contributed by atoms with E-state index in [1.807, 2.05) is 0 Å². The molecule has 0 aliphatic carbocycles. The van der Waals surface area contributed by atoms with Crippen molar-refractivity contribution in [3.8, 4) is 6.01 Å². The molecule has 1 saturated heterocycles. The molecule has 0 saturated carbocycles. The quantitative estimate of drug-likeness (QED) is 0.167. The Morgan fingerprint density at radius 1 is 0.946 bits per heavy atom. The lowest BCUT2D eigenvalue weighted by Crippen LogP contribution is -2.64. The lowest BCUT2D eigenvalue weighted by Gasteiger charge is -2.44. The zero-order valence-electron chi connectivity index (χ0n) is 20.5. The third-order valence-corrected chi connectivity index (χ3v) is 5.00. The van der Waals surface area contributed by atoms with Gasteiger partial charge in [-0.05, 0) is 0 Å². The van der Waals surface area contributed by atoms with E-state index in [0.29, 0.717) is 0 Å². The van der Waals surface area contributed by atoms with Gasteiger partial charge in [0.05, 0.1) is 13.0 Å². The van der Waals surface area contributed by atoms with Crippen LogP contribution in [0, 0.1) is 0 Å².